The zero-order valence-corrected chi connectivity index (χ0v) is 10.6. The Labute approximate surface area is 99.1 Å². The van der Waals surface area contributed by atoms with Crippen molar-refractivity contribution in [3.63, 3.8) is 0 Å². The average molecular weight is 230 g/mol. The molecular formula is C12H26N2O2. The second-order valence-corrected chi connectivity index (χ2v) is 4.49. The summed E-state index contributed by atoms with van der Waals surface area (Å²) in [7, 11) is 1.69. The van der Waals surface area contributed by atoms with Crippen molar-refractivity contribution in [2.45, 2.75) is 38.3 Å². The predicted molar refractivity (Wildman–Crippen MR) is 65.8 cm³/mol. The van der Waals surface area contributed by atoms with Crippen molar-refractivity contribution in [3.05, 3.63) is 0 Å². The summed E-state index contributed by atoms with van der Waals surface area (Å²) in [4.78, 5) is 0. The Hall–Kier alpha value is -0.160. The van der Waals surface area contributed by atoms with E-state index in [4.69, 9.17) is 9.47 Å². The fourth-order valence-corrected chi connectivity index (χ4v) is 2.09. The summed E-state index contributed by atoms with van der Waals surface area (Å²) in [6.07, 6.45) is 3.88. The molecular weight excluding hydrogens is 204 g/mol. The van der Waals surface area contributed by atoms with Gasteiger partial charge in [0.1, 0.15) is 0 Å². The molecule has 1 saturated heterocycles. The maximum Gasteiger partial charge on any atom is 0.0700 e. The molecule has 0 aromatic heterocycles. The molecule has 0 aromatic rings. The van der Waals surface area contributed by atoms with Gasteiger partial charge in [-0.15, -0.1) is 0 Å². The van der Waals surface area contributed by atoms with Crippen LogP contribution in [0.4, 0.5) is 0 Å². The van der Waals surface area contributed by atoms with Crippen molar-refractivity contribution in [2.24, 2.45) is 0 Å². The molecule has 96 valence electrons. The Morgan fingerprint density at radius 2 is 2.25 bits per heavy atom. The summed E-state index contributed by atoms with van der Waals surface area (Å²) in [6, 6.07) is 1.29. The minimum absolute atomic E-state index is 0.571. The van der Waals surface area contributed by atoms with Crippen molar-refractivity contribution in [1.29, 1.82) is 0 Å². The van der Waals surface area contributed by atoms with Gasteiger partial charge in [0.2, 0.25) is 0 Å². The molecule has 1 aliphatic heterocycles. The lowest BCUT2D eigenvalue weighted by molar-refractivity contribution is 0.0710. The van der Waals surface area contributed by atoms with Gasteiger partial charge in [0.15, 0.2) is 0 Å². The maximum absolute atomic E-state index is 5.39. The normalized spacial score (nSPS) is 22.5. The van der Waals surface area contributed by atoms with E-state index in [0.717, 1.165) is 19.2 Å². The third kappa shape index (κ3) is 6.43. The van der Waals surface area contributed by atoms with Gasteiger partial charge in [0, 0.05) is 25.7 Å². The van der Waals surface area contributed by atoms with Crippen LogP contribution in [-0.4, -0.2) is 52.1 Å². The predicted octanol–water partition coefficient (Wildman–Crippen LogP) is 0.770. The van der Waals surface area contributed by atoms with Crippen LogP contribution in [-0.2, 0) is 9.47 Å². The maximum atomic E-state index is 5.39. The molecule has 1 rings (SSSR count). The first-order chi connectivity index (χ1) is 7.83. The highest BCUT2D eigenvalue weighted by atomic mass is 16.5. The van der Waals surface area contributed by atoms with Crippen LogP contribution in [0.5, 0.6) is 0 Å². The molecule has 4 heteroatoms. The fourth-order valence-electron chi connectivity index (χ4n) is 2.09. The van der Waals surface area contributed by atoms with Gasteiger partial charge < -0.3 is 20.1 Å². The van der Waals surface area contributed by atoms with Gasteiger partial charge in [-0.3, -0.25) is 0 Å². The van der Waals surface area contributed by atoms with E-state index >= 15 is 0 Å². The third-order valence-electron chi connectivity index (χ3n) is 2.97. The highest BCUT2D eigenvalue weighted by Gasteiger charge is 2.16. The summed E-state index contributed by atoms with van der Waals surface area (Å²) in [6.45, 7) is 6.51. The van der Waals surface area contributed by atoms with E-state index < -0.39 is 0 Å². The molecule has 2 unspecified atom stereocenters. The lowest BCUT2D eigenvalue weighted by Crippen LogP contribution is -2.35. The van der Waals surface area contributed by atoms with Gasteiger partial charge in [0.05, 0.1) is 19.8 Å². The molecule has 0 bridgehead atoms. The largest absolute Gasteiger partial charge is 0.382 e. The van der Waals surface area contributed by atoms with Crippen LogP contribution < -0.4 is 10.6 Å². The number of methoxy groups -OCH3 is 1. The lowest BCUT2D eigenvalue weighted by Gasteiger charge is -2.18. The zero-order chi connectivity index (χ0) is 11.6. The first kappa shape index (κ1) is 13.9. The summed E-state index contributed by atoms with van der Waals surface area (Å²) >= 11 is 0. The molecule has 1 aliphatic rings. The number of hydrogen-bond donors (Lipinski definition) is 2. The van der Waals surface area contributed by atoms with Crippen molar-refractivity contribution in [3.8, 4) is 0 Å². The van der Waals surface area contributed by atoms with E-state index in [-0.39, 0.29) is 0 Å². The molecule has 16 heavy (non-hydrogen) atoms. The molecule has 2 atom stereocenters. The SMILES string of the molecule is COCCOCCNC(C)CC1CCCN1. The summed E-state index contributed by atoms with van der Waals surface area (Å²) in [5.74, 6) is 0. The molecule has 2 N–H and O–H groups in total. The Morgan fingerprint density at radius 3 is 2.94 bits per heavy atom. The van der Waals surface area contributed by atoms with Crippen LogP contribution in [0.3, 0.4) is 0 Å². The minimum Gasteiger partial charge on any atom is -0.382 e. The van der Waals surface area contributed by atoms with Gasteiger partial charge in [-0.05, 0) is 32.7 Å². The lowest BCUT2D eigenvalue weighted by atomic mass is 10.1. The first-order valence-electron chi connectivity index (χ1n) is 6.36. The Kier molecular flexibility index (Phi) is 7.76. The van der Waals surface area contributed by atoms with E-state index in [9.17, 15) is 0 Å². The van der Waals surface area contributed by atoms with E-state index in [2.05, 4.69) is 17.6 Å². The highest BCUT2D eigenvalue weighted by Crippen LogP contribution is 2.10. The van der Waals surface area contributed by atoms with Crippen LogP contribution >= 0.6 is 0 Å². The van der Waals surface area contributed by atoms with Crippen LogP contribution in [0, 0.1) is 0 Å². The van der Waals surface area contributed by atoms with E-state index in [1.807, 2.05) is 0 Å². The smallest absolute Gasteiger partial charge is 0.0700 e. The van der Waals surface area contributed by atoms with Crippen molar-refractivity contribution < 1.29 is 9.47 Å². The fraction of sp³-hybridized carbons (Fsp3) is 1.00. The van der Waals surface area contributed by atoms with Gasteiger partial charge in [0.25, 0.3) is 0 Å². The molecule has 1 fully saturated rings. The summed E-state index contributed by atoms with van der Waals surface area (Å²) in [5, 5.41) is 7.00. The number of hydrogen-bond acceptors (Lipinski definition) is 4. The summed E-state index contributed by atoms with van der Waals surface area (Å²) < 4.78 is 10.3. The second kappa shape index (κ2) is 8.93. The molecule has 0 radical (unpaired) electrons. The zero-order valence-electron chi connectivity index (χ0n) is 10.6. The second-order valence-electron chi connectivity index (χ2n) is 4.49. The van der Waals surface area contributed by atoms with Crippen LogP contribution in [0.25, 0.3) is 0 Å². The average Bonchev–Trinajstić information content (AvgIpc) is 2.76. The van der Waals surface area contributed by atoms with Gasteiger partial charge >= 0.3 is 0 Å². The van der Waals surface area contributed by atoms with Crippen molar-refractivity contribution >= 4 is 0 Å². The summed E-state index contributed by atoms with van der Waals surface area (Å²) in [5.41, 5.74) is 0. The Bertz CT molecular complexity index is 161. The number of nitrogens with one attached hydrogen (secondary N) is 2. The molecule has 0 aliphatic carbocycles. The standard InChI is InChI=1S/C12H26N2O2/c1-11(10-12-4-3-5-14-12)13-6-7-16-9-8-15-2/h11-14H,3-10H2,1-2H3. The number of rotatable bonds is 9. The van der Waals surface area contributed by atoms with Crippen LogP contribution in [0.1, 0.15) is 26.2 Å². The highest BCUT2D eigenvalue weighted by molar-refractivity contribution is 4.78. The van der Waals surface area contributed by atoms with E-state index in [0.29, 0.717) is 19.3 Å². The topological polar surface area (TPSA) is 42.5 Å². The molecule has 1 heterocycles. The Morgan fingerprint density at radius 1 is 1.38 bits per heavy atom. The third-order valence-corrected chi connectivity index (χ3v) is 2.97. The van der Waals surface area contributed by atoms with Crippen LogP contribution in [0.2, 0.25) is 0 Å². The monoisotopic (exact) mass is 230 g/mol. The first-order valence-corrected chi connectivity index (χ1v) is 6.36. The van der Waals surface area contributed by atoms with Gasteiger partial charge in [-0.1, -0.05) is 0 Å². The Balaban J connectivity index is 1.87. The van der Waals surface area contributed by atoms with Gasteiger partial charge in [-0.2, -0.15) is 0 Å². The minimum atomic E-state index is 0.571. The van der Waals surface area contributed by atoms with Gasteiger partial charge in [-0.25, -0.2) is 0 Å². The molecule has 0 amide bonds. The van der Waals surface area contributed by atoms with Crippen molar-refractivity contribution in [2.75, 3.05) is 40.0 Å². The van der Waals surface area contributed by atoms with E-state index in [1.54, 1.807) is 7.11 Å². The van der Waals surface area contributed by atoms with Crippen LogP contribution in [0.15, 0.2) is 0 Å². The molecule has 4 nitrogen and oxygen atoms in total. The molecule has 0 saturated carbocycles. The quantitative estimate of drug-likeness (QED) is 0.574. The number of ether oxygens (including phenoxy) is 2. The molecule has 0 spiro atoms. The van der Waals surface area contributed by atoms with E-state index in [1.165, 1.54) is 25.8 Å². The van der Waals surface area contributed by atoms with Crippen molar-refractivity contribution in [1.82, 2.24) is 10.6 Å². The molecule has 0 aromatic carbocycles.